The fourth-order valence-electron chi connectivity index (χ4n) is 4.37. The first kappa shape index (κ1) is 24.2. The fraction of sp³-hybridized carbons (Fsp3) is 0.519. The zero-order valence-corrected chi connectivity index (χ0v) is 19.8. The molecular weight excluding hydrogens is 404 g/mol. The Morgan fingerprint density at radius 3 is 2.66 bits per heavy atom. The summed E-state index contributed by atoms with van der Waals surface area (Å²) in [6, 6.07) is 7.00. The Labute approximate surface area is 191 Å². The Kier molecular flexibility index (Phi) is 8.66. The van der Waals surface area contributed by atoms with Crippen LogP contribution in [0.5, 0.6) is 0 Å². The molecule has 2 heterocycles. The molecule has 0 amide bonds. The average Bonchev–Trinajstić information content (AvgIpc) is 2.97. The molecule has 0 bridgehead atoms. The highest BCUT2D eigenvalue weighted by molar-refractivity contribution is 5.66. The maximum Gasteiger partial charge on any atom is 0.132 e. The summed E-state index contributed by atoms with van der Waals surface area (Å²) in [7, 11) is 0. The van der Waals surface area contributed by atoms with Crippen LogP contribution in [0, 0.1) is 11.7 Å². The highest BCUT2D eigenvalue weighted by atomic mass is 19.1. The maximum absolute atomic E-state index is 15.0. The van der Waals surface area contributed by atoms with Crippen LogP contribution < -0.4 is 21.1 Å². The normalized spacial score (nSPS) is 16.6. The Morgan fingerprint density at radius 1 is 1.16 bits per heavy atom. The third-order valence-corrected chi connectivity index (χ3v) is 6.48. The molecular formula is C27H37F2N3. The molecule has 2 aromatic rings. The molecule has 5 heteroatoms. The van der Waals surface area contributed by atoms with Gasteiger partial charge in [-0.05, 0) is 49.4 Å². The van der Waals surface area contributed by atoms with Crippen LogP contribution in [0.2, 0.25) is 0 Å². The van der Waals surface area contributed by atoms with Gasteiger partial charge in [-0.1, -0.05) is 46.1 Å². The molecule has 1 aromatic heterocycles. The van der Waals surface area contributed by atoms with Gasteiger partial charge in [-0.3, -0.25) is 4.98 Å². The van der Waals surface area contributed by atoms with Crippen molar-refractivity contribution in [1.82, 2.24) is 15.6 Å². The van der Waals surface area contributed by atoms with Crippen LogP contribution in [0.15, 0.2) is 36.7 Å². The van der Waals surface area contributed by atoms with Crippen LogP contribution in [0.25, 0.3) is 11.4 Å². The summed E-state index contributed by atoms with van der Waals surface area (Å²) >= 11 is 0. The lowest BCUT2D eigenvalue weighted by atomic mass is 9.95. The number of halogens is 2. The topological polar surface area (TPSA) is 37.0 Å². The van der Waals surface area contributed by atoms with Crippen molar-refractivity contribution in [1.29, 1.82) is 0 Å². The van der Waals surface area contributed by atoms with Crippen molar-refractivity contribution in [3.8, 4) is 0 Å². The van der Waals surface area contributed by atoms with Crippen molar-refractivity contribution in [3.05, 3.63) is 64.0 Å². The Morgan fingerprint density at radius 2 is 1.97 bits per heavy atom. The SMILES string of the molecule is CCCCC(CC(C)CC)NC1=c2cnccc2=C(c2ccc(C(C)F)cc2F)NCC1. The second-order valence-corrected chi connectivity index (χ2v) is 9.04. The van der Waals surface area contributed by atoms with Gasteiger partial charge in [0.2, 0.25) is 0 Å². The molecule has 174 valence electrons. The van der Waals surface area contributed by atoms with E-state index in [1.54, 1.807) is 18.3 Å². The van der Waals surface area contributed by atoms with E-state index in [1.807, 2.05) is 12.3 Å². The van der Waals surface area contributed by atoms with Crippen LogP contribution in [-0.2, 0) is 0 Å². The van der Waals surface area contributed by atoms with E-state index in [0.717, 1.165) is 41.1 Å². The van der Waals surface area contributed by atoms with Gasteiger partial charge >= 0.3 is 0 Å². The minimum absolute atomic E-state index is 0.355. The second kappa shape index (κ2) is 11.4. The van der Waals surface area contributed by atoms with E-state index in [-0.39, 0.29) is 0 Å². The van der Waals surface area contributed by atoms with Crippen molar-refractivity contribution in [2.45, 2.75) is 78.4 Å². The number of unbranched alkanes of at least 4 members (excludes halogenated alkanes) is 1. The van der Waals surface area contributed by atoms with Gasteiger partial charge < -0.3 is 10.6 Å². The molecule has 1 aliphatic rings. The molecule has 3 unspecified atom stereocenters. The molecule has 1 aliphatic heterocycles. The molecule has 3 nitrogen and oxygen atoms in total. The zero-order chi connectivity index (χ0) is 23.1. The zero-order valence-electron chi connectivity index (χ0n) is 19.8. The molecule has 0 saturated heterocycles. The molecule has 3 atom stereocenters. The van der Waals surface area contributed by atoms with Crippen molar-refractivity contribution >= 4 is 11.4 Å². The van der Waals surface area contributed by atoms with E-state index in [1.165, 1.54) is 32.3 Å². The van der Waals surface area contributed by atoms with E-state index < -0.39 is 12.0 Å². The number of hydrogen-bond donors (Lipinski definition) is 2. The molecule has 0 spiro atoms. The van der Waals surface area contributed by atoms with Crippen LogP contribution in [0.1, 0.15) is 83.5 Å². The summed E-state index contributed by atoms with van der Waals surface area (Å²) in [6.07, 6.45) is 9.06. The summed E-state index contributed by atoms with van der Waals surface area (Å²) in [6.45, 7) is 8.90. The molecule has 2 N–H and O–H groups in total. The fourth-order valence-corrected chi connectivity index (χ4v) is 4.37. The van der Waals surface area contributed by atoms with E-state index >= 15 is 0 Å². The largest absolute Gasteiger partial charge is 0.385 e. The molecule has 1 aromatic carbocycles. The number of fused-ring (bicyclic) bond motifs is 1. The molecule has 3 rings (SSSR count). The van der Waals surface area contributed by atoms with Gasteiger partial charge in [0.05, 0.1) is 5.70 Å². The molecule has 0 fully saturated rings. The first-order chi connectivity index (χ1) is 15.4. The third kappa shape index (κ3) is 5.87. The van der Waals surface area contributed by atoms with Gasteiger partial charge in [-0.25, -0.2) is 8.78 Å². The van der Waals surface area contributed by atoms with E-state index in [2.05, 4.69) is 36.4 Å². The lowest BCUT2D eigenvalue weighted by molar-refractivity contribution is 0.372. The van der Waals surface area contributed by atoms with Crippen LogP contribution in [0.4, 0.5) is 8.78 Å². The smallest absolute Gasteiger partial charge is 0.132 e. The summed E-state index contributed by atoms with van der Waals surface area (Å²) in [5.74, 6) is 0.251. The minimum Gasteiger partial charge on any atom is -0.385 e. The maximum atomic E-state index is 15.0. The lowest BCUT2D eigenvalue weighted by Crippen LogP contribution is -2.38. The van der Waals surface area contributed by atoms with Crippen molar-refractivity contribution in [2.75, 3.05) is 6.54 Å². The highest BCUT2D eigenvalue weighted by Crippen LogP contribution is 2.23. The number of alkyl halides is 1. The van der Waals surface area contributed by atoms with E-state index in [0.29, 0.717) is 29.6 Å². The van der Waals surface area contributed by atoms with Gasteiger partial charge in [-0.2, -0.15) is 0 Å². The first-order valence-corrected chi connectivity index (χ1v) is 12.1. The summed E-state index contributed by atoms with van der Waals surface area (Å²) in [5.41, 5.74) is 2.72. The molecule has 32 heavy (non-hydrogen) atoms. The number of benzene rings is 1. The quantitative estimate of drug-likeness (QED) is 0.539. The molecule has 0 saturated carbocycles. The Bertz CT molecular complexity index is 1020. The van der Waals surface area contributed by atoms with Crippen molar-refractivity contribution in [3.63, 3.8) is 0 Å². The van der Waals surface area contributed by atoms with Gasteiger partial charge in [0.1, 0.15) is 12.0 Å². The van der Waals surface area contributed by atoms with E-state index in [4.69, 9.17) is 0 Å². The van der Waals surface area contributed by atoms with Crippen molar-refractivity contribution < 1.29 is 8.78 Å². The van der Waals surface area contributed by atoms with Crippen LogP contribution in [0.3, 0.4) is 0 Å². The van der Waals surface area contributed by atoms with Crippen molar-refractivity contribution in [2.24, 2.45) is 5.92 Å². The summed E-state index contributed by atoms with van der Waals surface area (Å²) in [4.78, 5) is 4.38. The number of rotatable bonds is 10. The number of nitrogens with one attached hydrogen (secondary N) is 2. The summed E-state index contributed by atoms with van der Waals surface area (Å²) < 4.78 is 28.6. The Balaban J connectivity index is 2.08. The predicted octanol–water partition coefficient (Wildman–Crippen LogP) is 5.09. The van der Waals surface area contributed by atoms with Gasteiger partial charge in [0.25, 0.3) is 0 Å². The predicted molar refractivity (Wildman–Crippen MR) is 128 cm³/mol. The Hall–Kier alpha value is -2.43. The standard InChI is InChI=1S/C27H37F2N3/c1-5-7-8-21(15-18(3)6-2)32-26-12-14-31-27(22-11-13-30-17-24(22)26)23-10-9-20(19(4)28)16-25(23)29/h9-11,13,16-19,21,31-32H,5-8,12,14-15H2,1-4H3. The van der Waals surface area contributed by atoms with Gasteiger partial charge in [0.15, 0.2) is 0 Å². The molecule has 0 radical (unpaired) electrons. The highest BCUT2D eigenvalue weighted by Gasteiger charge is 2.18. The van der Waals surface area contributed by atoms with Crippen LogP contribution in [-0.4, -0.2) is 17.6 Å². The number of aromatic nitrogens is 1. The average molecular weight is 442 g/mol. The first-order valence-electron chi connectivity index (χ1n) is 12.1. The number of nitrogens with zero attached hydrogens (tertiary/aromatic N) is 1. The number of hydrogen-bond acceptors (Lipinski definition) is 3. The third-order valence-electron chi connectivity index (χ3n) is 6.48. The number of pyridine rings is 1. The lowest BCUT2D eigenvalue weighted by Gasteiger charge is -2.24. The molecule has 0 aliphatic carbocycles. The van der Waals surface area contributed by atoms with E-state index in [9.17, 15) is 8.78 Å². The van der Waals surface area contributed by atoms with Gasteiger partial charge in [0, 0.05) is 53.1 Å². The summed E-state index contributed by atoms with van der Waals surface area (Å²) in [5, 5.41) is 9.22. The van der Waals surface area contributed by atoms with Crippen LogP contribution >= 0.6 is 0 Å². The minimum atomic E-state index is -1.20. The second-order valence-electron chi connectivity index (χ2n) is 9.04. The van der Waals surface area contributed by atoms with Gasteiger partial charge in [-0.15, -0.1) is 0 Å². The monoisotopic (exact) mass is 441 g/mol.